The van der Waals surface area contributed by atoms with Crippen molar-refractivity contribution >= 4 is 16.7 Å². The van der Waals surface area contributed by atoms with Crippen LogP contribution >= 0.6 is 0 Å². The Balaban J connectivity index is 1.92. The Kier molecular flexibility index (Phi) is 5.35. The number of carbonyl (C=O) groups is 1. The number of ether oxygens (including phenoxy) is 2. The van der Waals surface area contributed by atoms with E-state index in [0.29, 0.717) is 5.92 Å². The quantitative estimate of drug-likeness (QED) is 0.823. The minimum Gasteiger partial charge on any atom is -0.457 e. The summed E-state index contributed by atoms with van der Waals surface area (Å²) < 4.78 is 11.8. The van der Waals surface area contributed by atoms with E-state index in [9.17, 15) is 4.79 Å². The molecular weight excluding hydrogens is 326 g/mol. The predicted molar refractivity (Wildman–Crippen MR) is 104 cm³/mol. The van der Waals surface area contributed by atoms with Gasteiger partial charge >= 0.3 is 5.97 Å². The van der Waals surface area contributed by atoms with Gasteiger partial charge in [0.05, 0.1) is 0 Å². The molecule has 1 unspecified atom stereocenters. The summed E-state index contributed by atoms with van der Waals surface area (Å²) in [7, 11) is 1.57. The van der Waals surface area contributed by atoms with Crippen molar-refractivity contribution in [1.29, 1.82) is 0 Å². The van der Waals surface area contributed by atoms with Crippen molar-refractivity contribution in [3.63, 3.8) is 0 Å². The van der Waals surface area contributed by atoms with Crippen molar-refractivity contribution in [2.24, 2.45) is 5.92 Å². The van der Waals surface area contributed by atoms with E-state index in [2.05, 4.69) is 5.32 Å². The minimum atomic E-state index is -1.15. The standard InChI is InChI=1S/C22H29NO3/c1-21(2,17-12-14-23-15-13-17)26-20(24)22(3,25-4)19-11-7-9-16-8-5-6-10-18(16)19/h5-11,17,23H,12-15H2,1-4H3. The molecule has 0 radical (unpaired) electrons. The van der Waals surface area contributed by atoms with E-state index >= 15 is 0 Å². The van der Waals surface area contributed by atoms with E-state index < -0.39 is 11.2 Å². The number of carbonyl (C=O) groups excluding carboxylic acids is 1. The molecule has 1 fully saturated rings. The molecule has 4 nitrogen and oxygen atoms in total. The van der Waals surface area contributed by atoms with Gasteiger partial charge in [0.1, 0.15) is 5.60 Å². The van der Waals surface area contributed by atoms with Crippen LogP contribution in [-0.4, -0.2) is 31.8 Å². The molecule has 2 aromatic carbocycles. The van der Waals surface area contributed by atoms with Crippen LogP contribution in [0, 0.1) is 5.92 Å². The summed E-state index contributed by atoms with van der Waals surface area (Å²) in [5, 5.41) is 5.45. The van der Waals surface area contributed by atoms with Gasteiger partial charge in [-0.15, -0.1) is 0 Å². The Morgan fingerprint density at radius 2 is 1.69 bits per heavy atom. The number of benzene rings is 2. The second-order valence-electron chi connectivity index (χ2n) is 7.78. The number of esters is 1. The summed E-state index contributed by atoms with van der Waals surface area (Å²) in [6.07, 6.45) is 2.02. The molecule has 0 aromatic heterocycles. The number of hydrogen-bond donors (Lipinski definition) is 1. The lowest BCUT2D eigenvalue weighted by atomic mass is 9.83. The average molecular weight is 355 g/mol. The highest BCUT2D eigenvalue weighted by atomic mass is 16.6. The second-order valence-corrected chi connectivity index (χ2v) is 7.78. The Bertz CT molecular complexity index is 775. The van der Waals surface area contributed by atoms with E-state index in [1.807, 2.05) is 56.3 Å². The van der Waals surface area contributed by atoms with Crippen LogP contribution < -0.4 is 5.32 Å². The van der Waals surface area contributed by atoms with Gasteiger partial charge in [-0.25, -0.2) is 4.79 Å². The fourth-order valence-electron chi connectivity index (χ4n) is 3.88. The molecule has 0 aliphatic carbocycles. The highest BCUT2D eigenvalue weighted by Crippen LogP contribution is 2.36. The summed E-state index contributed by atoms with van der Waals surface area (Å²) in [5.74, 6) is 0.0150. The van der Waals surface area contributed by atoms with Crippen LogP contribution in [-0.2, 0) is 19.9 Å². The predicted octanol–water partition coefficient (Wildman–Crippen LogP) is 4.02. The lowest BCUT2D eigenvalue weighted by Gasteiger charge is -2.39. The zero-order valence-electron chi connectivity index (χ0n) is 16.2. The molecule has 1 aliphatic heterocycles. The molecule has 2 aromatic rings. The van der Waals surface area contributed by atoms with Gasteiger partial charge in [0.25, 0.3) is 0 Å². The number of nitrogens with one attached hydrogen (secondary N) is 1. The molecule has 26 heavy (non-hydrogen) atoms. The van der Waals surface area contributed by atoms with Crippen LogP contribution in [0.5, 0.6) is 0 Å². The minimum absolute atomic E-state index is 0.333. The Labute approximate surface area is 155 Å². The number of methoxy groups -OCH3 is 1. The van der Waals surface area contributed by atoms with Gasteiger partial charge in [0.15, 0.2) is 5.60 Å². The molecule has 1 atom stereocenters. The summed E-state index contributed by atoms with van der Waals surface area (Å²) in [5.41, 5.74) is -0.835. The molecule has 0 spiro atoms. The first-order chi connectivity index (χ1) is 12.4. The van der Waals surface area contributed by atoms with Crippen LogP contribution in [0.25, 0.3) is 10.8 Å². The molecule has 0 bridgehead atoms. The highest BCUT2D eigenvalue weighted by molar-refractivity contribution is 5.92. The first-order valence-corrected chi connectivity index (χ1v) is 9.36. The maximum absolute atomic E-state index is 13.2. The van der Waals surface area contributed by atoms with Gasteiger partial charge in [-0.2, -0.15) is 0 Å². The van der Waals surface area contributed by atoms with Crippen LogP contribution in [0.1, 0.15) is 39.2 Å². The SMILES string of the molecule is COC(C)(C(=O)OC(C)(C)C1CCNCC1)c1cccc2ccccc12. The van der Waals surface area contributed by atoms with Gasteiger partial charge in [-0.05, 0) is 57.5 Å². The zero-order chi connectivity index (χ0) is 18.8. The fourth-order valence-corrected chi connectivity index (χ4v) is 3.88. The Hall–Kier alpha value is -1.91. The Morgan fingerprint density at radius 1 is 1.04 bits per heavy atom. The first-order valence-electron chi connectivity index (χ1n) is 9.36. The van der Waals surface area contributed by atoms with Crippen molar-refractivity contribution in [2.45, 2.75) is 44.8 Å². The van der Waals surface area contributed by atoms with E-state index in [-0.39, 0.29) is 5.97 Å². The molecule has 1 N–H and O–H groups in total. The third-order valence-electron chi connectivity index (χ3n) is 5.78. The maximum atomic E-state index is 13.2. The van der Waals surface area contributed by atoms with Crippen molar-refractivity contribution < 1.29 is 14.3 Å². The Morgan fingerprint density at radius 3 is 2.38 bits per heavy atom. The van der Waals surface area contributed by atoms with Crippen LogP contribution in [0.3, 0.4) is 0 Å². The molecule has 140 valence electrons. The van der Waals surface area contributed by atoms with E-state index in [0.717, 1.165) is 42.3 Å². The monoisotopic (exact) mass is 355 g/mol. The van der Waals surface area contributed by atoms with Crippen LogP contribution in [0.2, 0.25) is 0 Å². The summed E-state index contributed by atoms with van der Waals surface area (Å²) in [6.45, 7) is 7.77. The normalized spacial score (nSPS) is 18.5. The third kappa shape index (κ3) is 3.49. The van der Waals surface area contributed by atoms with Gasteiger partial charge in [0, 0.05) is 18.6 Å². The topological polar surface area (TPSA) is 47.6 Å². The van der Waals surface area contributed by atoms with Crippen molar-refractivity contribution in [2.75, 3.05) is 20.2 Å². The van der Waals surface area contributed by atoms with Crippen LogP contribution in [0.4, 0.5) is 0 Å². The van der Waals surface area contributed by atoms with E-state index in [4.69, 9.17) is 9.47 Å². The summed E-state index contributed by atoms with van der Waals surface area (Å²) >= 11 is 0. The molecule has 4 heteroatoms. The fraction of sp³-hybridized carbons (Fsp3) is 0.500. The van der Waals surface area contributed by atoms with Gasteiger partial charge in [-0.3, -0.25) is 0 Å². The van der Waals surface area contributed by atoms with Gasteiger partial charge < -0.3 is 14.8 Å². The van der Waals surface area contributed by atoms with Crippen molar-refractivity contribution in [1.82, 2.24) is 5.32 Å². The molecule has 0 amide bonds. The van der Waals surface area contributed by atoms with Crippen molar-refractivity contribution in [3.05, 3.63) is 48.0 Å². The molecule has 1 heterocycles. The van der Waals surface area contributed by atoms with Crippen molar-refractivity contribution in [3.8, 4) is 0 Å². The molecular formula is C22H29NO3. The molecule has 1 saturated heterocycles. The largest absolute Gasteiger partial charge is 0.457 e. The van der Waals surface area contributed by atoms with Gasteiger partial charge in [-0.1, -0.05) is 42.5 Å². The molecule has 0 saturated carbocycles. The number of piperidine rings is 1. The molecule has 3 rings (SSSR count). The van der Waals surface area contributed by atoms with Gasteiger partial charge in [0.2, 0.25) is 0 Å². The lowest BCUT2D eigenvalue weighted by molar-refractivity contribution is -0.187. The number of fused-ring (bicyclic) bond motifs is 1. The van der Waals surface area contributed by atoms with E-state index in [1.54, 1.807) is 14.0 Å². The first kappa shape index (κ1) is 18.9. The number of rotatable bonds is 5. The van der Waals surface area contributed by atoms with E-state index in [1.165, 1.54) is 0 Å². The smallest absolute Gasteiger partial charge is 0.343 e. The highest BCUT2D eigenvalue weighted by Gasteiger charge is 2.43. The summed E-state index contributed by atoms with van der Waals surface area (Å²) in [4.78, 5) is 13.2. The average Bonchev–Trinajstić information content (AvgIpc) is 2.67. The zero-order valence-corrected chi connectivity index (χ0v) is 16.2. The summed E-state index contributed by atoms with van der Waals surface area (Å²) in [6, 6.07) is 14.0. The lowest BCUT2D eigenvalue weighted by Crippen LogP contribution is -2.47. The second kappa shape index (κ2) is 7.37. The maximum Gasteiger partial charge on any atom is 0.343 e. The molecule has 1 aliphatic rings. The number of hydrogen-bond acceptors (Lipinski definition) is 4. The van der Waals surface area contributed by atoms with Crippen LogP contribution in [0.15, 0.2) is 42.5 Å². The third-order valence-corrected chi connectivity index (χ3v) is 5.78.